The fourth-order valence-corrected chi connectivity index (χ4v) is 9.59. The molecule has 454 valence electrons. The molecule has 0 aliphatic rings. The third-order valence-electron chi connectivity index (χ3n) is 13.8. The molecule has 0 aliphatic heterocycles. The largest absolute Gasteiger partial charge is 0.472 e. The lowest BCUT2D eigenvalue weighted by Crippen LogP contribution is -2.47. The van der Waals surface area contributed by atoms with Gasteiger partial charge in [-0.3, -0.25) is 18.6 Å². The van der Waals surface area contributed by atoms with E-state index in [1.807, 2.05) is 33.3 Å². The van der Waals surface area contributed by atoms with Crippen molar-refractivity contribution in [2.45, 2.75) is 277 Å². The van der Waals surface area contributed by atoms with E-state index in [9.17, 15) is 19.0 Å². The molecule has 0 saturated heterocycles. The van der Waals surface area contributed by atoms with Gasteiger partial charge in [0.15, 0.2) is 0 Å². The lowest BCUT2D eigenvalue weighted by Gasteiger charge is -2.27. The van der Waals surface area contributed by atoms with E-state index < -0.39 is 20.0 Å². The van der Waals surface area contributed by atoms with Crippen LogP contribution in [0, 0.1) is 0 Å². The lowest BCUT2D eigenvalue weighted by molar-refractivity contribution is -0.870. The summed E-state index contributed by atoms with van der Waals surface area (Å²) in [5, 5.41) is 3.05. The van der Waals surface area contributed by atoms with E-state index in [4.69, 9.17) is 13.8 Å². The highest BCUT2D eigenvalue weighted by molar-refractivity contribution is 7.47. The minimum Gasteiger partial charge on any atom is -0.456 e. The molecule has 0 aromatic carbocycles. The van der Waals surface area contributed by atoms with Crippen LogP contribution in [0.4, 0.5) is 0 Å². The van der Waals surface area contributed by atoms with Crippen LogP contribution in [0.2, 0.25) is 0 Å². The molecule has 0 rings (SSSR count). The fourth-order valence-electron chi connectivity index (χ4n) is 8.85. The first-order chi connectivity index (χ1) is 38.4. The number of nitrogens with zero attached hydrogens (tertiary/aromatic N) is 1. The number of phosphoric acid groups is 1. The quantitative estimate of drug-likeness (QED) is 0.0156. The normalized spacial score (nSPS) is 14.4. The van der Waals surface area contributed by atoms with Gasteiger partial charge >= 0.3 is 13.8 Å². The van der Waals surface area contributed by atoms with Crippen molar-refractivity contribution in [2.24, 2.45) is 0 Å². The Morgan fingerprint density at radius 3 is 1.35 bits per heavy atom. The highest BCUT2D eigenvalue weighted by atomic mass is 31.2. The topological polar surface area (TPSA) is 111 Å². The Bertz CT molecular complexity index is 1720. The van der Waals surface area contributed by atoms with E-state index in [0.29, 0.717) is 17.4 Å². The van der Waals surface area contributed by atoms with Gasteiger partial charge in [-0.25, -0.2) is 4.57 Å². The minimum atomic E-state index is -4.46. The lowest BCUT2D eigenvalue weighted by atomic mass is 10.0. The Kier molecular flexibility index (Phi) is 55.4. The monoisotopic (exact) mass is 1120 g/mol. The van der Waals surface area contributed by atoms with Crippen molar-refractivity contribution in [3.05, 3.63) is 109 Å². The van der Waals surface area contributed by atoms with Crippen molar-refractivity contribution in [1.29, 1.82) is 0 Å². The molecule has 1 amide bonds. The molecule has 0 saturated carbocycles. The summed E-state index contributed by atoms with van der Waals surface area (Å²) >= 11 is 0. The maximum Gasteiger partial charge on any atom is 0.472 e. The second kappa shape index (κ2) is 57.9. The number of likely N-dealkylation sites (N-methyl/N-ethyl adjacent to an activating group) is 1. The first kappa shape index (κ1) is 75.7. The van der Waals surface area contributed by atoms with Gasteiger partial charge in [-0.1, -0.05) is 265 Å². The van der Waals surface area contributed by atoms with Crippen LogP contribution in [0.5, 0.6) is 0 Å². The number of esters is 1. The van der Waals surface area contributed by atoms with Crippen LogP contribution in [-0.4, -0.2) is 74.3 Å². The van der Waals surface area contributed by atoms with Gasteiger partial charge in [0.1, 0.15) is 19.3 Å². The van der Waals surface area contributed by atoms with Gasteiger partial charge in [-0.05, 0) is 96.0 Å². The molecule has 0 spiro atoms. The van der Waals surface area contributed by atoms with Gasteiger partial charge in [0.2, 0.25) is 5.91 Å². The van der Waals surface area contributed by atoms with Crippen molar-refractivity contribution in [1.82, 2.24) is 5.32 Å². The SMILES string of the molecule is CC/C=C\C/C=C\C/C=C\C/C=C\C/C=C\CCCCCCCCCCCC(=O)NC(COP(=O)(O)OCC[N+](C)(C)C)C(/C=C\CCCCCCCCCCCCC)OC(=O)CCCCCCCCC/C=C/C=C/C=C/CC. The average Bonchev–Trinajstić information content (AvgIpc) is 3.41. The maximum atomic E-state index is 13.6. The van der Waals surface area contributed by atoms with E-state index in [0.717, 1.165) is 122 Å². The summed E-state index contributed by atoms with van der Waals surface area (Å²) < 4.78 is 30.7. The predicted molar refractivity (Wildman–Crippen MR) is 341 cm³/mol. The van der Waals surface area contributed by atoms with Crippen LogP contribution in [0.15, 0.2) is 109 Å². The van der Waals surface area contributed by atoms with Crippen molar-refractivity contribution in [3.63, 3.8) is 0 Å². The number of quaternary nitrogens is 1. The number of ether oxygens (including phenoxy) is 1. The number of unbranched alkanes of at least 4 members (excludes halogenated alkanes) is 27. The summed E-state index contributed by atoms with van der Waals surface area (Å²) in [6.45, 7) is 6.76. The van der Waals surface area contributed by atoms with Gasteiger partial charge in [-0.15, -0.1) is 0 Å². The fraction of sp³-hybridized carbons (Fsp3) is 0.710. The Labute approximate surface area is 487 Å². The highest BCUT2D eigenvalue weighted by Gasteiger charge is 2.30. The van der Waals surface area contributed by atoms with Crippen LogP contribution in [-0.2, 0) is 27.9 Å². The summed E-state index contributed by atoms with van der Waals surface area (Å²) in [6, 6.07) is -0.864. The molecule has 0 radical (unpaired) electrons. The summed E-state index contributed by atoms with van der Waals surface area (Å²) in [4.78, 5) is 37.8. The van der Waals surface area contributed by atoms with E-state index in [-0.39, 0.29) is 31.5 Å². The number of hydrogen-bond donors (Lipinski definition) is 2. The molecular weight excluding hydrogens is 1000 g/mol. The van der Waals surface area contributed by atoms with Crippen LogP contribution in [0.1, 0.15) is 265 Å². The summed E-state index contributed by atoms with van der Waals surface area (Å²) in [5.74, 6) is -0.529. The Hall–Kier alpha value is -3.33. The third kappa shape index (κ3) is 59.1. The number of carbonyl (C=O) groups excluding carboxylic acids is 2. The van der Waals surface area contributed by atoms with Crippen LogP contribution < -0.4 is 5.32 Å². The molecule has 0 aromatic rings. The van der Waals surface area contributed by atoms with Gasteiger partial charge < -0.3 is 19.4 Å². The number of allylic oxidation sites excluding steroid dienone is 17. The Balaban J connectivity index is 5.20. The van der Waals surface area contributed by atoms with Crippen molar-refractivity contribution in [2.75, 3.05) is 40.9 Å². The van der Waals surface area contributed by atoms with Gasteiger partial charge in [0.25, 0.3) is 0 Å². The first-order valence-electron chi connectivity index (χ1n) is 32.2. The second-order valence-corrected chi connectivity index (χ2v) is 24.0. The van der Waals surface area contributed by atoms with Gasteiger partial charge in [0.05, 0.1) is 33.8 Å². The molecule has 2 N–H and O–H groups in total. The van der Waals surface area contributed by atoms with Crippen molar-refractivity contribution < 1.29 is 37.3 Å². The molecular formula is C69H122N2O7P+. The zero-order valence-corrected chi connectivity index (χ0v) is 52.7. The highest BCUT2D eigenvalue weighted by Crippen LogP contribution is 2.43. The van der Waals surface area contributed by atoms with Crippen LogP contribution >= 0.6 is 7.82 Å². The van der Waals surface area contributed by atoms with Crippen LogP contribution in [0.25, 0.3) is 0 Å². The molecule has 0 aliphatic carbocycles. The van der Waals surface area contributed by atoms with E-state index in [1.165, 1.54) is 109 Å². The number of carbonyl (C=O) groups is 2. The molecule has 0 fully saturated rings. The molecule has 9 nitrogen and oxygen atoms in total. The third-order valence-corrected chi connectivity index (χ3v) is 14.8. The first-order valence-corrected chi connectivity index (χ1v) is 33.7. The summed E-state index contributed by atoms with van der Waals surface area (Å²) in [6.07, 6.45) is 79.4. The number of hydrogen-bond acceptors (Lipinski definition) is 6. The molecule has 0 heterocycles. The number of amides is 1. The zero-order valence-electron chi connectivity index (χ0n) is 51.8. The molecule has 79 heavy (non-hydrogen) atoms. The van der Waals surface area contributed by atoms with Gasteiger partial charge in [-0.2, -0.15) is 0 Å². The molecule has 10 heteroatoms. The molecule has 0 bridgehead atoms. The molecule has 3 atom stereocenters. The minimum absolute atomic E-state index is 0.0317. The van der Waals surface area contributed by atoms with E-state index >= 15 is 0 Å². The zero-order chi connectivity index (χ0) is 57.9. The van der Waals surface area contributed by atoms with E-state index in [2.05, 4.69) is 123 Å². The van der Waals surface area contributed by atoms with Crippen molar-refractivity contribution >= 4 is 19.7 Å². The van der Waals surface area contributed by atoms with Crippen molar-refractivity contribution in [3.8, 4) is 0 Å². The second-order valence-electron chi connectivity index (χ2n) is 22.6. The van der Waals surface area contributed by atoms with Crippen LogP contribution in [0.3, 0.4) is 0 Å². The summed E-state index contributed by atoms with van der Waals surface area (Å²) in [7, 11) is 1.47. The summed E-state index contributed by atoms with van der Waals surface area (Å²) in [5.41, 5.74) is 0. The maximum absolute atomic E-state index is 13.6. The number of nitrogens with one attached hydrogen (secondary N) is 1. The molecule has 0 aromatic heterocycles. The average molecular weight is 1120 g/mol. The van der Waals surface area contributed by atoms with E-state index in [1.54, 1.807) is 0 Å². The number of phosphoric ester groups is 1. The molecule has 3 unspecified atom stereocenters. The predicted octanol–water partition coefficient (Wildman–Crippen LogP) is 20.1. The Morgan fingerprint density at radius 2 is 0.873 bits per heavy atom. The smallest absolute Gasteiger partial charge is 0.456 e. The number of rotatable bonds is 57. The standard InChI is InChI=1S/C69H121N2O7P/c1-7-10-13-16-19-22-25-28-30-31-32-33-34-35-36-37-38-39-41-43-46-49-52-55-58-61-68(72)70-66(65-77-79(74,75)76-64-63-71(4,5)6)67(60-57-54-51-48-45-42-27-24-21-18-15-12-9-3)78-69(73)62-59-56-53-50-47-44-40-29-26-23-20-17-14-11-8-2/h10-11,13-14,17,19-20,22-23,26,28,30,32-33,35-36,57,60,66-67H,7-9,12,15-16,18,21,24-25,27,29,31,34,37-56,58-59,61-65H2,1-6H3,(H-,70,72,74,75)/p+1/b13-10-,14-11+,20-17+,22-19-,26-23+,30-28-,33-32-,36-35-,60-57-. The van der Waals surface area contributed by atoms with Gasteiger partial charge in [0, 0.05) is 12.8 Å². The Morgan fingerprint density at radius 1 is 0.468 bits per heavy atom.